The van der Waals surface area contributed by atoms with Gasteiger partial charge in [0.1, 0.15) is 0 Å². The summed E-state index contributed by atoms with van der Waals surface area (Å²) in [5, 5.41) is 21.0. The van der Waals surface area contributed by atoms with Gasteiger partial charge < -0.3 is 5.11 Å². The van der Waals surface area contributed by atoms with Crippen molar-refractivity contribution in [3.63, 3.8) is 0 Å². The molecule has 2 aromatic heterocycles. The van der Waals surface area contributed by atoms with Crippen molar-refractivity contribution in [2.45, 2.75) is 32.2 Å². The Labute approximate surface area is 110 Å². The van der Waals surface area contributed by atoms with Gasteiger partial charge in [-0.1, -0.05) is 13.8 Å². The summed E-state index contributed by atoms with van der Waals surface area (Å²) >= 11 is 0. The van der Waals surface area contributed by atoms with Gasteiger partial charge >= 0.3 is 5.97 Å². The van der Waals surface area contributed by atoms with E-state index in [4.69, 9.17) is 0 Å². The van der Waals surface area contributed by atoms with Gasteiger partial charge in [0, 0.05) is 18.0 Å². The summed E-state index contributed by atoms with van der Waals surface area (Å²) < 4.78 is 1.39. The number of rotatable bonds is 5. The molecule has 0 saturated carbocycles. The van der Waals surface area contributed by atoms with Gasteiger partial charge in [-0.15, -0.1) is 5.10 Å². The summed E-state index contributed by atoms with van der Waals surface area (Å²) in [4.78, 5) is 15.6. The van der Waals surface area contributed by atoms with Crippen LogP contribution >= 0.6 is 0 Å². The van der Waals surface area contributed by atoms with E-state index >= 15 is 0 Å². The maximum absolute atomic E-state index is 11.6. The zero-order valence-corrected chi connectivity index (χ0v) is 10.8. The Kier molecular flexibility index (Phi) is 3.55. The molecule has 0 aliphatic heterocycles. The van der Waals surface area contributed by atoms with Crippen LogP contribution < -0.4 is 0 Å². The van der Waals surface area contributed by atoms with Crippen molar-refractivity contribution in [2.24, 2.45) is 0 Å². The first-order valence-electron chi connectivity index (χ1n) is 6.08. The first kappa shape index (κ1) is 13.1. The Morgan fingerprint density at radius 1 is 1.32 bits per heavy atom. The van der Waals surface area contributed by atoms with Crippen LogP contribution in [0.3, 0.4) is 0 Å². The van der Waals surface area contributed by atoms with E-state index < -0.39 is 11.5 Å². The molecule has 2 heterocycles. The molecule has 0 spiro atoms. The molecule has 1 N–H and O–H groups in total. The fourth-order valence-electron chi connectivity index (χ4n) is 2.10. The highest BCUT2D eigenvalue weighted by Gasteiger charge is 2.40. The molecular formula is C12H15N5O2. The first-order chi connectivity index (χ1) is 9.15. The molecule has 19 heavy (non-hydrogen) atoms. The van der Waals surface area contributed by atoms with Crippen molar-refractivity contribution in [3.05, 3.63) is 24.5 Å². The van der Waals surface area contributed by atoms with E-state index in [2.05, 4.69) is 20.5 Å². The fourth-order valence-corrected chi connectivity index (χ4v) is 2.10. The molecule has 0 bridgehead atoms. The van der Waals surface area contributed by atoms with E-state index in [9.17, 15) is 9.90 Å². The lowest BCUT2D eigenvalue weighted by Crippen LogP contribution is -2.42. The Hall–Kier alpha value is -2.31. The normalized spacial score (nSPS) is 11.5. The Bertz CT molecular complexity index is 563. The van der Waals surface area contributed by atoms with Gasteiger partial charge in [-0.05, 0) is 35.4 Å². The predicted molar refractivity (Wildman–Crippen MR) is 67.2 cm³/mol. The summed E-state index contributed by atoms with van der Waals surface area (Å²) in [6, 6.07) is 3.50. The van der Waals surface area contributed by atoms with Crippen LogP contribution in [0, 0.1) is 0 Å². The second-order valence-electron chi connectivity index (χ2n) is 4.19. The quantitative estimate of drug-likeness (QED) is 0.872. The number of nitrogens with zero attached hydrogens (tertiary/aromatic N) is 5. The maximum atomic E-state index is 11.6. The SMILES string of the molecule is CCC(CC)(C(=O)O)n1nnnc1-c1ccncc1. The Morgan fingerprint density at radius 2 is 1.95 bits per heavy atom. The number of carboxylic acid groups (broad SMARTS) is 1. The van der Waals surface area contributed by atoms with Crippen LogP contribution in [0.2, 0.25) is 0 Å². The van der Waals surface area contributed by atoms with E-state index in [-0.39, 0.29) is 0 Å². The molecule has 0 atom stereocenters. The van der Waals surface area contributed by atoms with E-state index in [1.807, 2.05) is 13.8 Å². The summed E-state index contributed by atoms with van der Waals surface area (Å²) in [5.74, 6) is -0.492. The predicted octanol–water partition coefficient (Wildman–Crippen LogP) is 1.33. The van der Waals surface area contributed by atoms with E-state index in [1.165, 1.54) is 4.68 Å². The van der Waals surface area contributed by atoms with Gasteiger partial charge in [0.2, 0.25) is 0 Å². The number of aromatic nitrogens is 5. The van der Waals surface area contributed by atoms with Gasteiger partial charge in [-0.2, -0.15) is 0 Å². The summed E-state index contributed by atoms with van der Waals surface area (Å²) in [6.45, 7) is 3.63. The Balaban J connectivity index is 2.58. The number of carboxylic acids is 1. The van der Waals surface area contributed by atoms with Gasteiger partial charge in [-0.3, -0.25) is 4.98 Å². The van der Waals surface area contributed by atoms with Gasteiger partial charge in [0.15, 0.2) is 11.4 Å². The summed E-state index contributed by atoms with van der Waals surface area (Å²) in [7, 11) is 0. The van der Waals surface area contributed by atoms with E-state index in [0.717, 1.165) is 5.56 Å². The number of hydrogen-bond donors (Lipinski definition) is 1. The van der Waals surface area contributed by atoms with E-state index in [0.29, 0.717) is 18.7 Å². The number of hydrogen-bond acceptors (Lipinski definition) is 5. The van der Waals surface area contributed by atoms with Crippen LogP contribution in [-0.4, -0.2) is 36.3 Å². The summed E-state index contributed by atoms with van der Waals surface area (Å²) in [6.07, 6.45) is 4.05. The van der Waals surface area contributed by atoms with Crippen molar-refractivity contribution in [1.29, 1.82) is 0 Å². The van der Waals surface area contributed by atoms with Crippen molar-refractivity contribution in [3.8, 4) is 11.4 Å². The van der Waals surface area contributed by atoms with E-state index in [1.54, 1.807) is 24.5 Å². The standard InChI is InChI=1S/C12H15N5O2/c1-3-12(4-2,11(18)19)17-10(14-15-16-17)9-5-7-13-8-6-9/h5-8H,3-4H2,1-2H3,(H,18,19). The number of carbonyl (C=O) groups is 1. The maximum Gasteiger partial charge on any atom is 0.331 e. The highest BCUT2D eigenvalue weighted by atomic mass is 16.4. The molecule has 0 aromatic carbocycles. The van der Waals surface area contributed by atoms with Crippen LogP contribution in [0.5, 0.6) is 0 Å². The molecule has 0 amide bonds. The first-order valence-corrected chi connectivity index (χ1v) is 6.08. The second-order valence-corrected chi connectivity index (χ2v) is 4.19. The molecular weight excluding hydrogens is 246 g/mol. The largest absolute Gasteiger partial charge is 0.479 e. The van der Waals surface area contributed by atoms with Crippen molar-refractivity contribution in [1.82, 2.24) is 25.2 Å². The summed E-state index contributed by atoms with van der Waals surface area (Å²) in [5.41, 5.74) is -0.380. The van der Waals surface area contributed by atoms with Gasteiger partial charge in [0.05, 0.1) is 0 Å². The molecule has 0 unspecified atom stereocenters. The van der Waals surface area contributed by atoms with Gasteiger partial charge in [0.25, 0.3) is 0 Å². The highest BCUT2D eigenvalue weighted by Crippen LogP contribution is 2.29. The van der Waals surface area contributed by atoms with Crippen LogP contribution in [-0.2, 0) is 10.3 Å². The van der Waals surface area contributed by atoms with Crippen LogP contribution in [0.4, 0.5) is 0 Å². The smallest absolute Gasteiger partial charge is 0.331 e. The average Bonchev–Trinajstić information content (AvgIpc) is 2.91. The molecule has 7 heteroatoms. The molecule has 7 nitrogen and oxygen atoms in total. The number of pyridine rings is 1. The topological polar surface area (TPSA) is 93.8 Å². The minimum Gasteiger partial charge on any atom is -0.479 e. The molecule has 2 aromatic rings. The third-order valence-electron chi connectivity index (χ3n) is 3.38. The monoisotopic (exact) mass is 261 g/mol. The third kappa shape index (κ3) is 2.07. The number of tetrazole rings is 1. The lowest BCUT2D eigenvalue weighted by Gasteiger charge is -2.27. The lowest BCUT2D eigenvalue weighted by molar-refractivity contribution is -0.148. The minimum absolute atomic E-state index is 0.405. The van der Waals surface area contributed by atoms with Crippen molar-refractivity contribution >= 4 is 5.97 Å². The molecule has 0 radical (unpaired) electrons. The zero-order chi connectivity index (χ0) is 13.9. The average molecular weight is 261 g/mol. The lowest BCUT2D eigenvalue weighted by atomic mass is 9.93. The minimum atomic E-state index is -1.12. The van der Waals surface area contributed by atoms with Gasteiger partial charge in [-0.25, -0.2) is 9.48 Å². The molecule has 0 aliphatic carbocycles. The van der Waals surface area contributed by atoms with Crippen LogP contribution in [0.1, 0.15) is 26.7 Å². The molecule has 2 rings (SSSR count). The zero-order valence-electron chi connectivity index (χ0n) is 10.8. The highest BCUT2D eigenvalue weighted by molar-refractivity contribution is 5.77. The molecule has 0 aliphatic rings. The van der Waals surface area contributed by atoms with Crippen molar-refractivity contribution < 1.29 is 9.90 Å². The molecule has 0 fully saturated rings. The van der Waals surface area contributed by atoms with Crippen molar-refractivity contribution in [2.75, 3.05) is 0 Å². The number of aliphatic carboxylic acids is 1. The molecule has 100 valence electrons. The fraction of sp³-hybridized carbons (Fsp3) is 0.417. The Morgan fingerprint density at radius 3 is 2.47 bits per heavy atom. The second kappa shape index (κ2) is 5.13. The van der Waals surface area contributed by atoms with Crippen LogP contribution in [0.15, 0.2) is 24.5 Å². The molecule has 0 saturated heterocycles. The van der Waals surface area contributed by atoms with Crippen LogP contribution in [0.25, 0.3) is 11.4 Å². The third-order valence-corrected chi connectivity index (χ3v) is 3.38.